The number of hydrogen-bond donors (Lipinski definition) is 4. The van der Waals surface area contributed by atoms with Crippen molar-refractivity contribution in [1.29, 1.82) is 0 Å². The van der Waals surface area contributed by atoms with Crippen molar-refractivity contribution >= 4 is 58.6 Å². The second-order valence-electron chi connectivity index (χ2n) is 9.57. The van der Waals surface area contributed by atoms with Crippen LogP contribution in [0.15, 0.2) is 114 Å². The Balaban J connectivity index is 1.54. The molecule has 4 aromatic carbocycles. The summed E-state index contributed by atoms with van der Waals surface area (Å²) in [7, 11) is 0. The van der Waals surface area contributed by atoms with E-state index in [-0.39, 0.29) is 34.0 Å². The minimum absolute atomic E-state index is 0.0483. The van der Waals surface area contributed by atoms with Crippen molar-refractivity contribution in [3.63, 3.8) is 0 Å². The van der Waals surface area contributed by atoms with Crippen LogP contribution in [0, 0.1) is 10.1 Å². The van der Waals surface area contributed by atoms with Crippen molar-refractivity contribution < 1.29 is 29.2 Å². The molecule has 0 saturated carbocycles. The van der Waals surface area contributed by atoms with Crippen LogP contribution in [0.3, 0.4) is 0 Å². The third-order valence-electron chi connectivity index (χ3n) is 6.37. The zero-order valence-corrected chi connectivity index (χ0v) is 24.7. The van der Waals surface area contributed by atoms with Crippen LogP contribution >= 0.6 is 11.8 Å². The highest BCUT2D eigenvalue weighted by Crippen LogP contribution is 2.29. The van der Waals surface area contributed by atoms with Crippen molar-refractivity contribution in [3.05, 3.63) is 136 Å². The van der Waals surface area contributed by atoms with E-state index in [1.165, 1.54) is 48.2 Å². The summed E-state index contributed by atoms with van der Waals surface area (Å²) in [5.41, 5.74) is 0.714. The number of carbonyl (C=O) groups excluding carboxylic acids is 3. The molecular formula is C33H28N4O7S. The molecule has 0 aliphatic carbocycles. The van der Waals surface area contributed by atoms with Gasteiger partial charge in [-0.25, -0.2) is 4.79 Å². The van der Waals surface area contributed by atoms with E-state index in [1.807, 2.05) is 6.92 Å². The van der Waals surface area contributed by atoms with Crippen LogP contribution in [-0.4, -0.2) is 39.0 Å². The number of anilines is 2. The molecule has 4 N–H and O–H groups in total. The van der Waals surface area contributed by atoms with E-state index in [9.17, 15) is 34.4 Å². The van der Waals surface area contributed by atoms with E-state index in [1.54, 1.807) is 72.8 Å². The Morgan fingerprint density at radius 3 is 2.18 bits per heavy atom. The van der Waals surface area contributed by atoms with Gasteiger partial charge in [0.15, 0.2) is 0 Å². The van der Waals surface area contributed by atoms with E-state index >= 15 is 0 Å². The highest BCUT2D eigenvalue weighted by Gasteiger charge is 2.21. The number of carboxylic acids is 1. The summed E-state index contributed by atoms with van der Waals surface area (Å²) in [6.07, 6.45) is 1.70. The average Bonchev–Trinajstić information content (AvgIpc) is 3.04. The van der Waals surface area contributed by atoms with Crippen LogP contribution < -0.4 is 16.0 Å². The van der Waals surface area contributed by atoms with E-state index in [2.05, 4.69) is 16.0 Å². The lowest BCUT2D eigenvalue weighted by Crippen LogP contribution is -2.30. The first-order valence-corrected chi connectivity index (χ1v) is 14.6. The van der Waals surface area contributed by atoms with Gasteiger partial charge in [-0.3, -0.25) is 24.5 Å². The van der Waals surface area contributed by atoms with Crippen molar-refractivity contribution in [2.24, 2.45) is 0 Å². The van der Waals surface area contributed by atoms with Crippen LogP contribution in [0.5, 0.6) is 0 Å². The molecule has 0 fully saturated rings. The maximum atomic E-state index is 13.5. The number of hydrogen-bond acceptors (Lipinski definition) is 7. The minimum Gasteiger partial charge on any atom is -0.478 e. The maximum absolute atomic E-state index is 13.5. The largest absolute Gasteiger partial charge is 0.478 e. The Kier molecular flexibility index (Phi) is 10.8. The number of benzene rings is 4. The Hall–Kier alpha value is -5.75. The molecule has 0 saturated heterocycles. The molecule has 0 bridgehead atoms. The molecule has 0 aromatic heterocycles. The van der Waals surface area contributed by atoms with Gasteiger partial charge in [0, 0.05) is 27.9 Å². The van der Waals surface area contributed by atoms with Gasteiger partial charge < -0.3 is 21.1 Å². The molecule has 0 spiro atoms. The van der Waals surface area contributed by atoms with Crippen molar-refractivity contribution in [2.75, 3.05) is 10.6 Å². The molecule has 228 valence electrons. The number of rotatable bonds is 12. The Morgan fingerprint density at radius 2 is 1.49 bits per heavy atom. The number of nitro groups is 1. The summed E-state index contributed by atoms with van der Waals surface area (Å²) in [6, 6.07) is 26.7. The Bertz CT molecular complexity index is 1780. The molecule has 0 aliphatic rings. The number of nitrogens with zero attached hydrogens (tertiary/aromatic N) is 1. The molecular weight excluding hydrogens is 596 g/mol. The zero-order valence-electron chi connectivity index (χ0n) is 23.9. The predicted molar refractivity (Wildman–Crippen MR) is 172 cm³/mol. The number of carbonyl (C=O) groups is 4. The number of amides is 3. The summed E-state index contributed by atoms with van der Waals surface area (Å²) in [5.74, 6) is -2.72. The fourth-order valence-corrected chi connectivity index (χ4v) is 5.17. The number of thioether (sulfide) groups is 1. The zero-order chi connectivity index (χ0) is 32.3. The SMILES string of the molecule is CCC(Sc1cccc(NC(=O)/C(=C\c2ccccc2[N+](=O)[O-])NC(=O)c2ccccc2)c1)C(=O)Nc1cccc(C(=O)O)c1. The summed E-state index contributed by atoms with van der Waals surface area (Å²) in [6.45, 7) is 1.84. The first-order valence-electron chi connectivity index (χ1n) is 13.7. The van der Waals surface area contributed by atoms with Gasteiger partial charge in [0.1, 0.15) is 5.70 Å². The van der Waals surface area contributed by atoms with Crippen LogP contribution in [0.1, 0.15) is 39.6 Å². The molecule has 4 rings (SSSR count). The Morgan fingerprint density at radius 1 is 0.844 bits per heavy atom. The molecule has 0 aliphatic heterocycles. The number of nitrogens with one attached hydrogen (secondary N) is 3. The van der Waals surface area contributed by atoms with Gasteiger partial charge >= 0.3 is 5.97 Å². The molecule has 3 amide bonds. The van der Waals surface area contributed by atoms with Gasteiger partial charge in [0.05, 0.1) is 21.3 Å². The molecule has 4 aromatic rings. The third-order valence-corrected chi connectivity index (χ3v) is 7.73. The monoisotopic (exact) mass is 624 g/mol. The minimum atomic E-state index is -1.11. The van der Waals surface area contributed by atoms with E-state index < -0.39 is 28.0 Å². The molecule has 1 atom stereocenters. The smallest absolute Gasteiger partial charge is 0.335 e. The van der Waals surface area contributed by atoms with Gasteiger partial charge in [0.2, 0.25) is 5.91 Å². The molecule has 12 heteroatoms. The number of para-hydroxylation sites is 1. The van der Waals surface area contributed by atoms with E-state index in [0.29, 0.717) is 22.7 Å². The molecule has 45 heavy (non-hydrogen) atoms. The lowest BCUT2D eigenvalue weighted by molar-refractivity contribution is -0.385. The normalized spacial score (nSPS) is 11.6. The summed E-state index contributed by atoms with van der Waals surface area (Å²) in [4.78, 5) is 62.3. The quantitative estimate of drug-likeness (QED) is 0.0624. The Labute approximate surface area is 262 Å². The van der Waals surface area contributed by atoms with Crippen molar-refractivity contribution in [3.8, 4) is 0 Å². The van der Waals surface area contributed by atoms with Gasteiger partial charge in [-0.15, -0.1) is 11.8 Å². The number of carboxylic acid groups (broad SMARTS) is 1. The number of nitro benzene ring substituents is 1. The second kappa shape index (κ2) is 15.1. The van der Waals surface area contributed by atoms with Crippen LogP contribution in [0.4, 0.5) is 17.1 Å². The van der Waals surface area contributed by atoms with Gasteiger partial charge in [-0.1, -0.05) is 49.4 Å². The average molecular weight is 625 g/mol. The van der Waals surface area contributed by atoms with Crippen LogP contribution in [0.25, 0.3) is 6.08 Å². The van der Waals surface area contributed by atoms with Crippen LogP contribution in [0.2, 0.25) is 0 Å². The highest BCUT2D eigenvalue weighted by atomic mass is 32.2. The third kappa shape index (κ3) is 8.88. The van der Waals surface area contributed by atoms with Crippen LogP contribution in [-0.2, 0) is 9.59 Å². The predicted octanol–water partition coefficient (Wildman–Crippen LogP) is 6.21. The summed E-state index contributed by atoms with van der Waals surface area (Å²) < 4.78 is 0. The van der Waals surface area contributed by atoms with E-state index in [0.717, 1.165) is 0 Å². The molecule has 0 radical (unpaired) electrons. The fourth-order valence-electron chi connectivity index (χ4n) is 4.16. The second-order valence-corrected chi connectivity index (χ2v) is 10.8. The summed E-state index contributed by atoms with van der Waals surface area (Å²) >= 11 is 1.25. The lowest BCUT2D eigenvalue weighted by atomic mass is 10.1. The van der Waals surface area contributed by atoms with Crippen molar-refractivity contribution in [1.82, 2.24) is 5.32 Å². The maximum Gasteiger partial charge on any atom is 0.335 e. The van der Waals surface area contributed by atoms with E-state index in [4.69, 9.17) is 0 Å². The van der Waals surface area contributed by atoms with Gasteiger partial charge in [-0.2, -0.15) is 0 Å². The molecule has 11 nitrogen and oxygen atoms in total. The fraction of sp³-hybridized carbons (Fsp3) is 0.0909. The highest BCUT2D eigenvalue weighted by molar-refractivity contribution is 8.00. The molecule has 1 unspecified atom stereocenters. The van der Waals surface area contributed by atoms with Gasteiger partial charge in [-0.05, 0) is 67.1 Å². The van der Waals surface area contributed by atoms with Crippen molar-refractivity contribution in [2.45, 2.75) is 23.5 Å². The van der Waals surface area contributed by atoms with Gasteiger partial charge in [0.25, 0.3) is 17.5 Å². The molecule has 0 heterocycles. The first-order chi connectivity index (χ1) is 21.6. The lowest BCUT2D eigenvalue weighted by Gasteiger charge is -2.16. The standard InChI is InChI=1S/C33H28N4O7S/c1-2-29(32(40)35-24-14-8-13-23(18-24)33(41)42)45-26-16-9-15-25(20-26)34-31(39)27(36-30(38)21-10-4-3-5-11-21)19-22-12-6-7-17-28(22)37(43)44/h3-20,29H,2H2,1H3,(H,34,39)(H,35,40)(H,36,38)(H,41,42)/b27-19+. The first kappa shape index (κ1) is 32.2. The topological polar surface area (TPSA) is 168 Å². The number of aromatic carboxylic acids is 1. The summed E-state index contributed by atoms with van der Waals surface area (Å²) in [5, 5.41) is 28.3.